The zero-order valence-corrected chi connectivity index (χ0v) is 22.4. The molecule has 5 atom stereocenters. The van der Waals surface area contributed by atoms with Crippen LogP contribution in [0.5, 0.6) is 0 Å². The Hall–Kier alpha value is -3.09. The first-order chi connectivity index (χ1) is 17.8. The summed E-state index contributed by atoms with van der Waals surface area (Å²) in [6, 6.07) is -6.99. The van der Waals surface area contributed by atoms with Gasteiger partial charge in [0.05, 0.1) is 19.1 Å². The van der Waals surface area contributed by atoms with Gasteiger partial charge in [-0.15, -0.1) is 0 Å². The fraction of sp³-hybridized carbons (Fsp3) is 0.650. The molecule has 216 valence electrons. The number of nitrogens with one attached hydrogen (secondary N) is 4. The van der Waals surface area contributed by atoms with Gasteiger partial charge in [-0.3, -0.25) is 28.8 Å². The predicted molar refractivity (Wildman–Crippen MR) is 140 cm³/mol. The molecule has 16 nitrogen and oxygen atoms in total. The molecule has 38 heavy (non-hydrogen) atoms. The first-order valence-electron chi connectivity index (χ1n) is 11.2. The van der Waals surface area contributed by atoms with Gasteiger partial charge in [-0.25, -0.2) is 4.79 Å². The van der Waals surface area contributed by atoms with Crippen LogP contribution in [-0.2, 0) is 33.6 Å². The third-order valence-corrected chi connectivity index (χ3v) is 5.94. The highest BCUT2D eigenvalue weighted by molar-refractivity contribution is 7.98. The van der Waals surface area contributed by atoms with E-state index in [1.165, 1.54) is 11.8 Å². The summed E-state index contributed by atoms with van der Waals surface area (Å²) in [5, 5.41) is 26.9. The molecule has 0 unspecified atom stereocenters. The monoisotopic (exact) mass is 581 g/mol. The fourth-order valence-electron chi connectivity index (χ4n) is 2.82. The van der Waals surface area contributed by atoms with Crippen LogP contribution in [-0.4, -0.2) is 106 Å². The van der Waals surface area contributed by atoms with E-state index in [4.69, 9.17) is 27.4 Å². The molecule has 0 rings (SSSR count). The Bertz CT molecular complexity index is 878. The van der Waals surface area contributed by atoms with Crippen LogP contribution in [0.2, 0.25) is 0 Å². The number of hydrogen-bond acceptors (Lipinski definition) is 11. The normalized spacial score (nSPS) is 14.6. The maximum absolute atomic E-state index is 12.9. The number of carboxylic acid groups (broad SMARTS) is 1. The van der Waals surface area contributed by atoms with E-state index in [1.807, 2.05) is 11.6 Å². The van der Waals surface area contributed by atoms with Crippen molar-refractivity contribution in [3.8, 4) is 0 Å². The molecular weight excluding hydrogens is 546 g/mol. The lowest BCUT2D eigenvalue weighted by Crippen LogP contribution is -2.59. The minimum atomic E-state index is -1.72. The van der Waals surface area contributed by atoms with Crippen molar-refractivity contribution in [3.63, 3.8) is 0 Å². The Morgan fingerprint density at radius 3 is 1.76 bits per heavy atom. The summed E-state index contributed by atoms with van der Waals surface area (Å²) in [6.45, 7) is -0.965. The summed E-state index contributed by atoms with van der Waals surface area (Å²) in [4.78, 5) is 84.2. The van der Waals surface area contributed by atoms with Gasteiger partial charge in [0.25, 0.3) is 0 Å². The summed E-state index contributed by atoms with van der Waals surface area (Å²) in [6.07, 6.45) is 0.945. The minimum Gasteiger partial charge on any atom is -0.480 e. The number of amides is 6. The Labute approximate surface area is 228 Å². The number of thiol groups is 1. The first-order valence-corrected chi connectivity index (χ1v) is 13.3. The number of primary amides is 2. The third-order valence-electron chi connectivity index (χ3n) is 4.93. The molecule has 0 fully saturated rings. The molecule has 0 radical (unpaired) electrons. The number of aliphatic carboxylic acids is 1. The molecule has 18 heteroatoms. The highest BCUT2D eigenvalue weighted by atomic mass is 32.2. The van der Waals surface area contributed by atoms with E-state index < -0.39 is 84.6 Å². The van der Waals surface area contributed by atoms with E-state index in [0.29, 0.717) is 12.2 Å². The molecule has 0 aromatic heterocycles. The molecule has 0 aromatic rings. The van der Waals surface area contributed by atoms with E-state index in [9.17, 15) is 33.6 Å². The smallest absolute Gasteiger partial charge is 0.328 e. The Balaban J connectivity index is 5.55. The summed E-state index contributed by atoms with van der Waals surface area (Å²) in [5.41, 5.74) is 16.1. The Morgan fingerprint density at radius 2 is 1.29 bits per heavy atom. The van der Waals surface area contributed by atoms with Crippen LogP contribution >= 0.6 is 24.4 Å². The molecule has 0 aromatic carbocycles. The van der Waals surface area contributed by atoms with Crippen molar-refractivity contribution in [2.24, 2.45) is 17.2 Å². The minimum absolute atomic E-state index is 0.201. The van der Waals surface area contributed by atoms with Gasteiger partial charge in [-0.1, -0.05) is 0 Å². The summed E-state index contributed by atoms with van der Waals surface area (Å²) >= 11 is 5.47. The topological polar surface area (TPSA) is 286 Å². The van der Waals surface area contributed by atoms with Gasteiger partial charge >= 0.3 is 5.97 Å². The number of rotatable bonds is 19. The van der Waals surface area contributed by atoms with Crippen LogP contribution in [0.15, 0.2) is 0 Å². The third kappa shape index (κ3) is 13.5. The van der Waals surface area contributed by atoms with Crippen molar-refractivity contribution in [2.75, 3.05) is 24.4 Å². The molecule has 12 N–H and O–H groups in total. The van der Waals surface area contributed by atoms with E-state index in [1.54, 1.807) is 0 Å². The quantitative estimate of drug-likeness (QED) is 0.0645. The summed E-state index contributed by atoms with van der Waals surface area (Å²) in [5.74, 6) is -6.71. The van der Waals surface area contributed by atoms with E-state index in [2.05, 4.69) is 28.6 Å². The fourth-order valence-corrected chi connectivity index (χ4v) is 3.56. The van der Waals surface area contributed by atoms with Crippen LogP contribution in [0.25, 0.3) is 0 Å². The second kappa shape index (κ2) is 18.2. The van der Waals surface area contributed by atoms with Crippen LogP contribution < -0.4 is 38.5 Å². The van der Waals surface area contributed by atoms with E-state index in [-0.39, 0.29) is 18.6 Å². The molecule has 0 saturated carbocycles. The number of carbonyl (C=O) groups excluding carboxylic acids is 6. The predicted octanol–water partition coefficient (Wildman–Crippen LogP) is -4.85. The average Bonchev–Trinajstić information content (AvgIpc) is 2.84. The average molecular weight is 582 g/mol. The molecule has 0 spiro atoms. The number of thioether (sulfide) groups is 1. The zero-order chi connectivity index (χ0) is 29.4. The van der Waals surface area contributed by atoms with Crippen LogP contribution in [0.3, 0.4) is 0 Å². The zero-order valence-electron chi connectivity index (χ0n) is 20.7. The van der Waals surface area contributed by atoms with Crippen molar-refractivity contribution in [3.05, 3.63) is 0 Å². The van der Waals surface area contributed by atoms with Gasteiger partial charge in [0.2, 0.25) is 35.4 Å². The second-order valence-corrected chi connectivity index (χ2v) is 9.36. The van der Waals surface area contributed by atoms with Gasteiger partial charge < -0.3 is 48.7 Å². The molecule has 0 aliphatic heterocycles. The maximum Gasteiger partial charge on any atom is 0.328 e. The van der Waals surface area contributed by atoms with Crippen molar-refractivity contribution in [2.45, 2.75) is 55.9 Å². The van der Waals surface area contributed by atoms with Crippen LogP contribution in [0.4, 0.5) is 0 Å². The highest BCUT2D eigenvalue weighted by Crippen LogP contribution is 2.04. The van der Waals surface area contributed by atoms with Crippen molar-refractivity contribution < 1.29 is 43.8 Å². The van der Waals surface area contributed by atoms with Crippen molar-refractivity contribution >= 4 is 65.8 Å². The number of carbonyl (C=O) groups is 7. The number of hydrogen-bond donors (Lipinski definition) is 10. The van der Waals surface area contributed by atoms with Gasteiger partial charge in [-0.2, -0.15) is 24.4 Å². The molecule has 0 aliphatic carbocycles. The number of aliphatic hydroxyl groups excluding tert-OH is 1. The molecule has 0 heterocycles. The summed E-state index contributed by atoms with van der Waals surface area (Å²) in [7, 11) is 0. The van der Waals surface area contributed by atoms with Gasteiger partial charge in [0.15, 0.2) is 0 Å². The SMILES string of the molecule is CSCC[C@H](N)C(=O)N[C@@H](CCC(N)=O)C(=O)N[C@@H](CS)C(=O)N[C@@H](CC(N)=O)C(=O)N[C@@H](CO)C(=O)O. The lowest BCUT2D eigenvalue weighted by molar-refractivity contribution is -0.143. The molecule has 0 saturated heterocycles. The largest absolute Gasteiger partial charge is 0.480 e. The first kappa shape index (κ1) is 34.9. The van der Waals surface area contributed by atoms with Crippen LogP contribution in [0.1, 0.15) is 25.7 Å². The lowest BCUT2D eigenvalue weighted by atomic mass is 10.1. The molecular formula is C20H35N7O9S2. The maximum atomic E-state index is 12.9. The van der Waals surface area contributed by atoms with Gasteiger partial charge in [0, 0.05) is 12.2 Å². The van der Waals surface area contributed by atoms with Gasteiger partial charge in [-0.05, 0) is 24.9 Å². The molecule has 6 amide bonds. The number of aliphatic hydroxyl groups is 1. The van der Waals surface area contributed by atoms with Gasteiger partial charge in [0.1, 0.15) is 24.2 Å². The van der Waals surface area contributed by atoms with Crippen LogP contribution in [0, 0.1) is 0 Å². The van der Waals surface area contributed by atoms with E-state index in [0.717, 1.165) is 0 Å². The molecule has 0 bridgehead atoms. The standard InChI is InChI=1S/C20H35N7O9S2/c1-38-5-4-9(21)16(31)24-10(2-3-14(22)29)17(32)27-13(8-37)19(34)25-11(6-15(23)30)18(33)26-12(7-28)20(35)36/h9-13,28,37H,2-8,21H2,1H3,(H2,22,29)(H2,23,30)(H,24,31)(H,25,34)(H,26,33)(H,27,32)(H,35,36)/t9-,10-,11-,12-,13-/m0/s1. The molecule has 0 aliphatic rings. The van der Waals surface area contributed by atoms with E-state index >= 15 is 0 Å². The Kier molecular flexibility index (Phi) is 16.7. The lowest BCUT2D eigenvalue weighted by Gasteiger charge is -2.25. The number of nitrogens with two attached hydrogens (primary N) is 3. The Morgan fingerprint density at radius 1 is 0.789 bits per heavy atom. The van der Waals surface area contributed by atoms with Crippen molar-refractivity contribution in [1.82, 2.24) is 21.3 Å². The second-order valence-electron chi connectivity index (χ2n) is 8.01. The van der Waals surface area contributed by atoms with Crippen molar-refractivity contribution in [1.29, 1.82) is 0 Å². The summed E-state index contributed by atoms with van der Waals surface area (Å²) < 4.78 is 0. The number of carboxylic acids is 1. The highest BCUT2D eigenvalue weighted by Gasteiger charge is 2.32.